The fourth-order valence-electron chi connectivity index (χ4n) is 9.58. The highest BCUT2D eigenvalue weighted by Gasteiger charge is 2.46. The number of alkyl halides is 1. The van der Waals surface area contributed by atoms with E-state index in [2.05, 4.69) is 29.5 Å². The number of fused-ring (bicyclic) bond motifs is 4. The normalized spacial score (nSPS) is 17.8. The summed E-state index contributed by atoms with van der Waals surface area (Å²) in [4.78, 5) is 46.0. The minimum absolute atomic E-state index is 0. The minimum Gasteiger partial charge on any atom is -0.465 e. The monoisotopic (exact) mass is 1090 g/mol. The van der Waals surface area contributed by atoms with Crippen LogP contribution in [-0.2, 0) is 45.5 Å². The van der Waals surface area contributed by atoms with Gasteiger partial charge in [-0.15, -0.1) is 36.4 Å². The number of halogens is 7. The van der Waals surface area contributed by atoms with Crippen molar-refractivity contribution >= 4 is 87.7 Å². The molecule has 0 radical (unpaired) electrons. The summed E-state index contributed by atoms with van der Waals surface area (Å²) in [5.41, 5.74) is 4.49. The second-order valence-electron chi connectivity index (χ2n) is 17.4. The lowest BCUT2D eigenvalue weighted by Gasteiger charge is -2.44. The Kier molecular flexibility index (Phi) is 16.3. The number of esters is 2. The molecule has 15 nitrogen and oxygen atoms in total. The van der Waals surface area contributed by atoms with Crippen molar-refractivity contribution in [2.24, 2.45) is 0 Å². The Hall–Kier alpha value is -6.67. The van der Waals surface area contributed by atoms with Crippen molar-refractivity contribution in [3.63, 3.8) is 0 Å². The van der Waals surface area contributed by atoms with Crippen molar-refractivity contribution in [3.8, 4) is 11.5 Å². The second kappa shape index (κ2) is 22.4. The molecule has 11 rings (SSSR count). The van der Waals surface area contributed by atoms with E-state index in [0.717, 1.165) is 28.9 Å². The quantitative estimate of drug-likeness (QED) is 0.0895. The van der Waals surface area contributed by atoms with Crippen LogP contribution < -0.4 is 14.4 Å². The predicted octanol–water partition coefficient (Wildman–Crippen LogP) is 9.92. The Labute approximate surface area is 444 Å². The van der Waals surface area contributed by atoms with Crippen LogP contribution in [0.5, 0.6) is 11.5 Å². The lowest BCUT2D eigenvalue weighted by molar-refractivity contribution is -0.0706. The molecule has 4 aromatic carbocycles. The number of piperazine rings is 1. The number of imidazole rings is 2. The van der Waals surface area contributed by atoms with Gasteiger partial charge in [0.1, 0.15) is 28.5 Å². The highest BCUT2D eigenvalue weighted by atomic mass is 35.5. The maximum atomic E-state index is 15.4. The summed E-state index contributed by atoms with van der Waals surface area (Å²) in [5.74, 6) is -1.95. The summed E-state index contributed by atoms with van der Waals surface area (Å²) in [6.07, 6.45) is 6.84. The summed E-state index contributed by atoms with van der Waals surface area (Å²) < 4.78 is 76.7. The van der Waals surface area contributed by atoms with Crippen molar-refractivity contribution in [1.82, 2.24) is 34.0 Å². The number of benzene rings is 4. The standard InChI is InChI=1S/C36H32ClF2N5O5.C16H13ClFN3O2.2ClH/c1-36(24-9-8-23(37)15-25(24)38)48-31-7-3-6-27(34(31)49-36)43-12-11-42(29-19-47-20-30(29)43)18-32-41-33-26(39)13-22(35(45)46-2)14-28(33)44(32)17-21-5-4-10-40-16-21;1-23-16(22)11-5-12(18)15-13(6-11)21(14(7-17)20-15)9-10-3-2-4-19-8-10;;/h3-10,13-16,29-30H,11-12,17-20H2,1-2H3;2-6,8H,7,9H2,1H3;2*1H/t29-,30+,36-;;;/m1.../s1. The van der Waals surface area contributed by atoms with E-state index in [1.54, 1.807) is 60.5 Å². The van der Waals surface area contributed by atoms with Gasteiger partial charge in [0.2, 0.25) is 0 Å². The van der Waals surface area contributed by atoms with Crippen molar-refractivity contribution in [3.05, 3.63) is 172 Å². The van der Waals surface area contributed by atoms with Crippen LogP contribution in [0.1, 0.15) is 56.0 Å². The largest absolute Gasteiger partial charge is 0.465 e. The summed E-state index contributed by atoms with van der Waals surface area (Å²) >= 11 is 11.9. The Morgan fingerprint density at radius 3 is 1.88 bits per heavy atom. The zero-order chi connectivity index (χ0) is 50.3. The zero-order valence-corrected chi connectivity index (χ0v) is 43.0. The van der Waals surface area contributed by atoms with Crippen LogP contribution in [0.3, 0.4) is 0 Å². The lowest BCUT2D eigenvalue weighted by Crippen LogP contribution is -2.59. The number of rotatable bonds is 11. The molecule has 74 heavy (non-hydrogen) atoms. The van der Waals surface area contributed by atoms with Gasteiger partial charge < -0.3 is 37.7 Å². The molecule has 0 spiro atoms. The second-order valence-corrected chi connectivity index (χ2v) is 18.1. The number of hydrogen-bond acceptors (Lipinski definition) is 13. The summed E-state index contributed by atoms with van der Waals surface area (Å²) in [6, 6.07) is 23.0. The Morgan fingerprint density at radius 1 is 0.716 bits per heavy atom. The number of carbonyl (C=O) groups excluding carboxylic acids is 2. The molecule has 386 valence electrons. The first kappa shape index (κ1) is 53.6. The number of methoxy groups -OCH3 is 2. The molecule has 2 fully saturated rings. The molecule has 3 atom stereocenters. The minimum atomic E-state index is -1.38. The van der Waals surface area contributed by atoms with Crippen LogP contribution >= 0.6 is 48.0 Å². The zero-order valence-electron chi connectivity index (χ0n) is 39.8. The first-order valence-electron chi connectivity index (χ1n) is 22.8. The van der Waals surface area contributed by atoms with Gasteiger partial charge in [-0.3, -0.25) is 14.9 Å². The molecule has 0 saturated carbocycles. The molecule has 4 aromatic heterocycles. The van der Waals surface area contributed by atoms with Crippen molar-refractivity contribution in [2.45, 2.75) is 50.3 Å². The molecule has 8 aromatic rings. The fourth-order valence-corrected chi connectivity index (χ4v) is 9.95. The molecule has 0 amide bonds. The van der Waals surface area contributed by atoms with E-state index in [1.165, 1.54) is 20.3 Å². The van der Waals surface area contributed by atoms with Crippen LogP contribution in [0.4, 0.5) is 18.9 Å². The third kappa shape index (κ3) is 10.4. The van der Waals surface area contributed by atoms with Gasteiger partial charge in [0, 0.05) is 49.8 Å². The summed E-state index contributed by atoms with van der Waals surface area (Å²) in [6.45, 7) is 5.16. The van der Waals surface area contributed by atoms with Gasteiger partial charge in [0.05, 0.1) is 98.4 Å². The van der Waals surface area contributed by atoms with E-state index in [1.807, 2.05) is 47.0 Å². The van der Waals surface area contributed by atoms with E-state index >= 15 is 8.78 Å². The van der Waals surface area contributed by atoms with E-state index in [9.17, 15) is 14.0 Å². The van der Waals surface area contributed by atoms with E-state index in [4.69, 9.17) is 47.1 Å². The Morgan fingerprint density at radius 2 is 1.31 bits per heavy atom. The van der Waals surface area contributed by atoms with Gasteiger partial charge in [0.15, 0.2) is 23.1 Å². The number of para-hydroxylation sites is 1. The predicted molar refractivity (Wildman–Crippen MR) is 275 cm³/mol. The molecule has 22 heteroatoms. The molecule has 3 aliphatic heterocycles. The van der Waals surface area contributed by atoms with Gasteiger partial charge in [-0.2, -0.15) is 0 Å². The molecule has 0 bridgehead atoms. The van der Waals surface area contributed by atoms with Crippen molar-refractivity contribution < 1.29 is 46.4 Å². The molecule has 3 aliphatic rings. The Bertz CT molecular complexity index is 3360. The highest BCUT2D eigenvalue weighted by molar-refractivity contribution is 6.30. The van der Waals surface area contributed by atoms with Crippen LogP contribution in [0.25, 0.3) is 22.1 Å². The molecule has 2 saturated heterocycles. The lowest BCUT2D eigenvalue weighted by atomic mass is 10.0. The molecule has 0 aliphatic carbocycles. The van der Waals surface area contributed by atoms with E-state index in [0.29, 0.717) is 80.1 Å². The van der Waals surface area contributed by atoms with Crippen molar-refractivity contribution in [2.75, 3.05) is 45.4 Å². The van der Waals surface area contributed by atoms with Gasteiger partial charge in [-0.25, -0.2) is 32.7 Å². The number of anilines is 1. The highest BCUT2D eigenvalue weighted by Crippen LogP contribution is 2.51. The summed E-state index contributed by atoms with van der Waals surface area (Å²) in [7, 11) is 2.52. The van der Waals surface area contributed by atoms with Gasteiger partial charge in [-0.1, -0.05) is 29.8 Å². The first-order chi connectivity index (χ1) is 34.9. The Balaban J connectivity index is 0.000000246. The molecule has 0 unspecified atom stereocenters. The average Bonchev–Trinajstić information content (AvgIpc) is 4.18. The van der Waals surface area contributed by atoms with Gasteiger partial charge in [-0.05, 0) is 77.9 Å². The third-order valence-electron chi connectivity index (χ3n) is 13.0. The topological polar surface area (TPSA) is 148 Å². The number of hydrogen-bond donors (Lipinski definition) is 0. The van der Waals surface area contributed by atoms with Crippen LogP contribution in [0, 0.1) is 17.5 Å². The smallest absolute Gasteiger partial charge is 0.338 e. The first-order valence-corrected chi connectivity index (χ1v) is 23.7. The van der Waals surface area contributed by atoms with E-state index < -0.39 is 35.2 Å². The van der Waals surface area contributed by atoms with Gasteiger partial charge >= 0.3 is 11.9 Å². The average molecular weight is 1090 g/mol. The number of aromatic nitrogens is 6. The molecule has 0 N–H and O–H groups in total. The maximum Gasteiger partial charge on any atom is 0.338 e. The third-order valence-corrected chi connectivity index (χ3v) is 13.5. The number of nitrogens with zero attached hydrogens (tertiary/aromatic N) is 8. The number of carbonyl (C=O) groups is 2. The van der Waals surface area contributed by atoms with Crippen LogP contribution in [0.2, 0.25) is 5.02 Å². The van der Waals surface area contributed by atoms with E-state index in [-0.39, 0.29) is 75.5 Å². The molecule has 7 heterocycles. The number of pyridine rings is 2. The van der Waals surface area contributed by atoms with Gasteiger partial charge in [0.25, 0.3) is 5.79 Å². The SMILES string of the molecule is COC(=O)c1cc(F)c2nc(CCl)n(Cc3cccnc3)c2c1.COC(=O)c1cc(F)c2nc(CN3CCN(c4cccc5c4O[C@](C)(c4ccc(Cl)cc4F)O5)[C@H]4COC[C@H]43)n(Cc3cccnc3)c2c1.Cl.Cl. The molecular weight excluding hydrogens is 1050 g/mol. The van der Waals surface area contributed by atoms with Crippen LogP contribution in [-0.4, -0.2) is 98.5 Å². The van der Waals surface area contributed by atoms with Crippen molar-refractivity contribution in [1.29, 1.82) is 0 Å². The van der Waals surface area contributed by atoms with Crippen LogP contribution in [0.15, 0.2) is 110 Å². The molecular formula is C52H47Cl4F3N8O7. The maximum absolute atomic E-state index is 15.4. The number of ether oxygens (including phenoxy) is 5. The summed E-state index contributed by atoms with van der Waals surface area (Å²) in [5, 5.41) is 0.287. The fraction of sp³-hybridized carbons (Fsp3) is 0.269.